The summed E-state index contributed by atoms with van der Waals surface area (Å²) in [5.41, 5.74) is 0.439. The molecule has 0 aromatic rings. The molecule has 0 amide bonds. The van der Waals surface area contributed by atoms with E-state index in [0.29, 0.717) is 5.41 Å². The Hall–Kier alpha value is -0.0400. The summed E-state index contributed by atoms with van der Waals surface area (Å²) in [6, 6.07) is 0.796. The third kappa shape index (κ3) is 5.34. The Labute approximate surface area is 102 Å². The molecule has 1 rings (SSSR count). The van der Waals surface area contributed by atoms with Crippen molar-refractivity contribution in [2.45, 2.75) is 78.7 Å². The predicted molar refractivity (Wildman–Crippen MR) is 72.7 cm³/mol. The van der Waals surface area contributed by atoms with Crippen molar-refractivity contribution in [3.8, 4) is 0 Å². The van der Waals surface area contributed by atoms with Crippen molar-refractivity contribution < 1.29 is 0 Å². The summed E-state index contributed by atoms with van der Waals surface area (Å²) in [6.45, 7) is 10.6. The molecule has 16 heavy (non-hydrogen) atoms. The summed E-state index contributed by atoms with van der Waals surface area (Å²) in [6.07, 6.45) is 10.0. The van der Waals surface area contributed by atoms with E-state index in [1.54, 1.807) is 0 Å². The fourth-order valence-electron chi connectivity index (χ4n) is 2.31. The van der Waals surface area contributed by atoms with Crippen LogP contribution >= 0.6 is 0 Å². The van der Waals surface area contributed by atoms with Crippen LogP contribution in [0.2, 0.25) is 0 Å². The first-order valence-corrected chi connectivity index (χ1v) is 7.23. The van der Waals surface area contributed by atoms with Gasteiger partial charge in [0.05, 0.1) is 0 Å². The van der Waals surface area contributed by atoms with E-state index in [-0.39, 0.29) is 0 Å². The van der Waals surface area contributed by atoms with Gasteiger partial charge in [-0.05, 0) is 30.7 Å². The van der Waals surface area contributed by atoms with Gasteiger partial charge in [-0.2, -0.15) is 0 Å². The first-order valence-electron chi connectivity index (χ1n) is 7.23. The predicted octanol–water partition coefficient (Wildman–Crippen LogP) is 4.37. The van der Waals surface area contributed by atoms with Crippen LogP contribution in [-0.4, -0.2) is 12.6 Å². The quantitative estimate of drug-likeness (QED) is 0.752. The van der Waals surface area contributed by atoms with Crippen LogP contribution in [0.1, 0.15) is 72.6 Å². The van der Waals surface area contributed by atoms with Gasteiger partial charge in [0.2, 0.25) is 0 Å². The third-order valence-corrected chi connectivity index (χ3v) is 4.30. The standard InChI is InChI=1S/C15H31N/c1-13(15(2,3)4)12-16-14-10-8-6-5-7-9-11-14/h13-14,16H,5-12H2,1-4H3. The molecule has 1 heteroatoms. The molecule has 96 valence electrons. The summed E-state index contributed by atoms with van der Waals surface area (Å²) >= 11 is 0. The number of hydrogen-bond donors (Lipinski definition) is 1. The van der Waals surface area contributed by atoms with Crippen LogP contribution < -0.4 is 5.32 Å². The molecule has 0 heterocycles. The molecule has 0 aromatic carbocycles. The molecule has 1 nitrogen and oxygen atoms in total. The van der Waals surface area contributed by atoms with Crippen LogP contribution in [0.15, 0.2) is 0 Å². The van der Waals surface area contributed by atoms with Gasteiger partial charge in [0.1, 0.15) is 0 Å². The fourth-order valence-corrected chi connectivity index (χ4v) is 2.31. The molecule has 1 N–H and O–H groups in total. The Bertz CT molecular complexity index is 172. The number of nitrogens with one attached hydrogen (secondary N) is 1. The van der Waals surface area contributed by atoms with Gasteiger partial charge in [0.15, 0.2) is 0 Å². The molecule has 0 aliphatic heterocycles. The second-order valence-electron chi connectivity index (χ2n) is 6.72. The Morgan fingerprint density at radius 2 is 1.50 bits per heavy atom. The first kappa shape index (κ1) is 14.0. The lowest BCUT2D eigenvalue weighted by Gasteiger charge is -2.30. The molecule has 1 fully saturated rings. The third-order valence-electron chi connectivity index (χ3n) is 4.30. The Morgan fingerprint density at radius 1 is 1.00 bits per heavy atom. The summed E-state index contributed by atoms with van der Waals surface area (Å²) in [4.78, 5) is 0. The van der Waals surface area contributed by atoms with Gasteiger partial charge < -0.3 is 5.32 Å². The fraction of sp³-hybridized carbons (Fsp3) is 1.00. The summed E-state index contributed by atoms with van der Waals surface area (Å²) in [7, 11) is 0. The van der Waals surface area contributed by atoms with E-state index in [1.165, 1.54) is 51.5 Å². The first-order chi connectivity index (χ1) is 7.50. The molecule has 0 bridgehead atoms. The molecular weight excluding hydrogens is 194 g/mol. The Balaban J connectivity index is 2.24. The van der Waals surface area contributed by atoms with Gasteiger partial charge in [-0.1, -0.05) is 59.8 Å². The largest absolute Gasteiger partial charge is 0.314 e. The highest BCUT2D eigenvalue weighted by atomic mass is 14.9. The molecule has 1 unspecified atom stereocenters. The van der Waals surface area contributed by atoms with Crippen molar-refractivity contribution in [3.05, 3.63) is 0 Å². The maximum absolute atomic E-state index is 3.80. The lowest BCUT2D eigenvalue weighted by atomic mass is 9.82. The summed E-state index contributed by atoms with van der Waals surface area (Å²) < 4.78 is 0. The topological polar surface area (TPSA) is 12.0 Å². The maximum atomic E-state index is 3.80. The number of hydrogen-bond acceptors (Lipinski definition) is 1. The minimum Gasteiger partial charge on any atom is -0.314 e. The van der Waals surface area contributed by atoms with Crippen molar-refractivity contribution >= 4 is 0 Å². The van der Waals surface area contributed by atoms with Crippen LogP contribution in [0.5, 0.6) is 0 Å². The van der Waals surface area contributed by atoms with E-state index in [9.17, 15) is 0 Å². The van der Waals surface area contributed by atoms with Crippen LogP contribution in [0, 0.1) is 11.3 Å². The molecule has 1 saturated carbocycles. The van der Waals surface area contributed by atoms with Gasteiger partial charge >= 0.3 is 0 Å². The van der Waals surface area contributed by atoms with Crippen LogP contribution in [0.3, 0.4) is 0 Å². The average Bonchev–Trinajstić information content (AvgIpc) is 2.14. The second kappa shape index (κ2) is 6.64. The average molecular weight is 225 g/mol. The van der Waals surface area contributed by atoms with Crippen molar-refractivity contribution in [2.24, 2.45) is 11.3 Å². The Kier molecular flexibility index (Phi) is 5.82. The molecule has 1 atom stereocenters. The highest BCUT2D eigenvalue weighted by Gasteiger charge is 2.20. The summed E-state index contributed by atoms with van der Waals surface area (Å²) in [5.74, 6) is 0.762. The minimum absolute atomic E-state index is 0.439. The lowest BCUT2D eigenvalue weighted by Crippen LogP contribution is -2.36. The monoisotopic (exact) mass is 225 g/mol. The molecule has 0 radical (unpaired) electrons. The lowest BCUT2D eigenvalue weighted by molar-refractivity contribution is 0.238. The second-order valence-corrected chi connectivity index (χ2v) is 6.72. The van der Waals surface area contributed by atoms with Crippen molar-refractivity contribution in [2.75, 3.05) is 6.54 Å². The van der Waals surface area contributed by atoms with E-state index in [4.69, 9.17) is 0 Å². The normalized spacial score (nSPS) is 22.5. The van der Waals surface area contributed by atoms with Crippen LogP contribution in [0.4, 0.5) is 0 Å². The van der Waals surface area contributed by atoms with Crippen LogP contribution in [-0.2, 0) is 0 Å². The number of rotatable bonds is 3. The molecule has 1 aliphatic carbocycles. The molecule has 0 saturated heterocycles. The van der Waals surface area contributed by atoms with E-state index >= 15 is 0 Å². The van der Waals surface area contributed by atoms with Gasteiger partial charge in [-0.3, -0.25) is 0 Å². The van der Waals surface area contributed by atoms with Gasteiger partial charge in [-0.25, -0.2) is 0 Å². The molecule has 1 aliphatic rings. The zero-order valence-electron chi connectivity index (χ0n) is 11.8. The van der Waals surface area contributed by atoms with E-state index in [0.717, 1.165) is 12.0 Å². The molecule has 0 spiro atoms. The van der Waals surface area contributed by atoms with Crippen molar-refractivity contribution in [1.29, 1.82) is 0 Å². The minimum atomic E-state index is 0.439. The molecule has 0 aromatic heterocycles. The van der Waals surface area contributed by atoms with Gasteiger partial charge in [-0.15, -0.1) is 0 Å². The van der Waals surface area contributed by atoms with Gasteiger partial charge in [0.25, 0.3) is 0 Å². The Morgan fingerprint density at radius 3 is 2.00 bits per heavy atom. The molecular formula is C15H31N. The summed E-state index contributed by atoms with van der Waals surface area (Å²) in [5, 5.41) is 3.80. The maximum Gasteiger partial charge on any atom is 0.00671 e. The van der Waals surface area contributed by atoms with Gasteiger partial charge in [0, 0.05) is 6.04 Å². The highest BCUT2D eigenvalue weighted by Crippen LogP contribution is 2.25. The zero-order chi connectivity index (χ0) is 12.0. The van der Waals surface area contributed by atoms with E-state index in [2.05, 4.69) is 33.0 Å². The van der Waals surface area contributed by atoms with E-state index in [1.807, 2.05) is 0 Å². The zero-order valence-corrected chi connectivity index (χ0v) is 11.8. The highest BCUT2D eigenvalue weighted by molar-refractivity contribution is 4.76. The van der Waals surface area contributed by atoms with Crippen LogP contribution in [0.25, 0.3) is 0 Å². The SMILES string of the molecule is CC(CNC1CCCCCCC1)C(C)(C)C. The van der Waals surface area contributed by atoms with Crippen molar-refractivity contribution in [1.82, 2.24) is 5.32 Å². The van der Waals surface area contributed by atoms with E-state index < -0.39 is 0 Å². The smallest absolute Gasteiger partial charge is 0.00671 e. The van der Waals surface area contributed by atoms with Crippen molar-refractivity contribution in [3.63, 3.8) is 0 Å².